The van der Waals surface area contributed by atoms with Gasteiger partial charge in [-0.3, -0.25) is 0 Å². The molecule has 1 atom stereocenters. The van der Waals surface area contributed by atoms with Gasteiger partial charge in [0.05, 0.1) is 0 Å². The van der Waals surface area contributed by atoms with Crippen molar-refractivity contribution in [2.45, 2.75) is 38.7 Å². The van der Waals surface area contributed by atoms with E-state index in [2.05, 4.69) is 65.1 Å². The summed E-state index contributed by atoms with van der Waals surface area (Å²) in [6.45, 7) is 6.47. The van der Waals surface area contributed by atoms with Crippen LogP contribution in [0.2, 0.25) is 8.76 Å². The summed E-state index contributed by atoms with van der Waals surface area (Å²) in [5.41, 5.74) is 2.33. The summed E-state index contributed by atoms with van der Waals surface area (Å²) in [6.07, 6.45) is 4.37. The molecule has 0 spiro atoms. The van der Waals surface area contributed by atoms with Crippen LogP contribution in [0.25, 0.3) is 6.08 Å². The van der Waals surface area contributed by atoms with E-state index < -0.39 is 17.5 Å². The number of aliphatic hydroxyl groups is 1. The van der Waals surface area contributed by atoms with Gasteiger partial charge < -0.3 is 0 Å². The SMILES string of the molecule is Cl.Cl.[CH2]=[Zr]([CH3])([CH2]CO)([NH]C(C)(C)C)([O]C)[CH]1C=Cc2ccccc21. The number of halogens is 2. The van der Waals surface area contributed by atoms with E-state index in [-0.39, 0.29) is 40.6 Å². The molecule has 24 heavy (non-hydrogen) atoms. The Morgan fingerprint density at radius 3 is 2.33 bits per heavy atom. The minimum atomic E-state index is -4.73. The molecule has 6 heteroatoms. The van der Waals surface area contributed by atoms with E-state index in [1.54, 1.807) is 7.11 Å². The Balaban J connectivity index is 0.00000264. The van der Waals surface area contributed by atoms with Crippen molar-refractivity contribution in [2.24, 2.45) is 0 Å². The van der Waals surface area contributed by atoms with Crippen LogP contribution in [0, 0.1) is 0 Å². The molecule has 139 valence electrons. The van der Waals surface area contributed by atoms with Crippen molar-refractivity contribution in [1.82, 2.24) is 3.26 Å². The number of hydrogen-bond acceptors (Lipinski definition) is 3. The third kappa shape index (κ3) is 4.11. The fourth-order valence-corrected chi connectivity index (χ4v) is 20.1. The summed E-state index contributed by atoms with van der Waals surface area (Å²) >= 11 is -4.73. The average molecular weight is 457 g/mol. The van der Waals surface area contributed by atoms with Crippen molar-refractivity contribution in [1.29, 1.82) is 0 Å². The first-order valence-corrected chi connectivity index (χ1v) is 17.6. The molecule has 0 bridgehead atoms. The van der Waals surface area contributed by atoms with E-state index in [9.17, 15) is 5.11 Å². The van der Waals surface area contributed by atoms with Gasteiger partial charge in [0.1, 0.15) is 0 Å². The minimum absolute atomic E-state index is 0. The molecule has 1 unspecified atom stereocenters. The summed E-state index contributed by atoms with van der Waals surface area (Å²) in [4.78, 5) is 0. The van der Waals surface area contributed by atoms with Gasteiger partial charge in [0.25, 0.3) is 0 Å². The van der Waals surface area contributed by atoms with Crippen LogP contribution in [-0.2, 0) is 20.4 Å². The molecule has 1 aromatic carbocycles. The molecule has 1 aliphatic rings. The molecule has 2 N–H and O–H groups in total. The summed E-state index contributed by atoms with van der Waals surface area (Å²) in [7, 11) is 1.76. The normalized spacial score (nSPS) is 19.5. The van der Waals surface area contributed by atoms with Crippen LogP contribution in [0.3, 0.4) is 0 Å². The average Bonchev–Trinajstić information content (AvgIpc) is 2.82. The number of hydrogen-bond donors (Lipinski definition) is 2. The van der Waals surface area contributed by atoms with Crippen molar-refractivity contribution in [3.63, 3.8) is 0 Å². The van der Waals surface area contributed by atoms with Crippen LogP contribution < -0.4 is 3.26 Å². The number of benzene rings is 1. The molecule has 0 saturated carbocycles. The first kappa shape index (κ1) is 24.2. The van der Waals surface area contributed by atoms with E-state index >= 15 is 0 Å². The van der Waals surface area contributed by atoms with Gasteiger partial charge in [0.2, 0.25) is 0 Å². The van der Waals surface area contributed by atoms with Crippen molar-refractivity contribution in [3.05, 3.63) is 41.5 Å². The molecule has 0 aromatic heterocycles. The molecule has 0 fully saturated rings. The zero-order valence-corrected chi connectivity index (χ0v) is 19.4. The Kier molecular flexibility index (Phi) is 7.11. The van der Waals surface area contributed by atoms with Gasteiger partial charge in [-0.2, -0.15) is 0 Å². The van der Waals surface area contributed by atoms with Crippen molar-refractivity contribution in [3.8, 4) is 0 Å². The van der Waals surface area contributed by atoms with Crippen LogP contribution in [-0.4, -0.2) is 28.6 Å². The number of rotatable bonds is 5. The van der Waals surface area contributed by atoms with E-state index in [4.69, 9.17) is 7.02 Å². The number of allylic oxidation sites excluding steroid dienone is 1. The topological polar surface area (TPSA) is 41.5 Å². The standard InChI is InChI=1S/C9H7.C4H10N.C2H5O.CH3O.CH3.CH2.2ClH.Zr/c1-2-5-9-7-3-6-8(9)4-1;1-4(2,3)5;1-2-3;1-2;;;;;/h1-7H;5H,1-3H3;3H,1-2H2;1H3;1H3;1H2;2*1H;/q;-1;;-1;;;;;+2. The molecular weight excluding hydrogens is 424 g/mol. The molecule has 0 aliphatic heterocycles. The third-order valence-electron chi connectivity index (χ3n) is 5.26. The van der Waals surface area contributed by atoms with Gasteiger partial charge in [0, 0.05) is 0 Å². The molecule has 3 nitrogen and oxygen atoms in total. The van der Waals surface area contributed by atoms with Gasteiger partial charge in [-0.1, -0.05) is 0 Å². The summed E-state index contributed by atoms with van der Waals surface area (Å²) in [5, 5.41) is 9.84. The molecule has 1 aliphatic carbocycles. The Bertz CT molecular complexity index is 711. The summed E-state index contributed by atoms with van der Waals surface area (Å²) in [6, 6.07) is 8.39. The fraction of sp³-hybridized carbons (Fsp3) is 0.500. The predicted octanol–water partition coefficient (Wildman–Crippen LogP) is 4.58. The molecular formula is C18H32Cl2NO2Zr. The van der Waals surface area contributed by atoms with Crippen molar-refractivity contribution in [2.75, 3.05) is 13.7 Å². The quantitative estimate of drug-likeness (QED) is 0.682. The Hall–Kier alpha value is 0.173. The van der Waals surface area contributed by atoms with Crippen LogP contribution >= 0.6 is 24.8 Å². The molecule has 0 heterocycles. The second-order valence-corrected chi connectivity index (χ2v) is 28.3. The Morgan fingerprint density at radius 2 is 1.83 bits per heavy atom. The monoisotopic (exact) mass is 454 g/mol. The van der Waals surface area contributed by atoms with Gasteiger partial charge >= 0.3 is 133 Å². The summed E-state index contributed by atoms with van der Waals surface area (Å²) in [5.74, 6) is 0. The molecule has 2 rings (SSSR count). The summed E-state index contributed by atoms with van der Waals surface area (Å²) < 4.78 is 17.8. The number of aliphatic hydroxyl groups excluding tert-OH is 1. The van der Waals surface area contributed by atoms with Gasteiger partial charge in [-0.25, -0.2) is 0 Å². The van der Waals surface area contributed by atoms with Crippen LogP contribution in [0.4, 0.5) is 0 Å². The van der Waals surface area contributed by atoms with Gasteiger partial charge in [-0.05, 0) is 0 Å². The van der Waals surface area contributed by atoms with Crippen molar-refractivity contribution < 1.29 is 25.5 Å². The van der Waals surface area contributed by atoms with Crippen molar-refractivity contribution >= 4 is 35.1 Å². The maximum atomic E-state index is 9.84. The molecule has 0 amide bonds. The third-order valence-corrected chi connectivity index (χ3v) is 23.5. The van der Waals surface area contributed by atoms with E-state index in [1.165, 1.54) is 11.1 Å². The second-order valence-electron chi connectivity index (χ2n) is 8.63. The van der Waals surface area contributed by atoms with Crippen LogP contribution in [0.1, 0.15) is 35.5 Å². The van der Waals surface area contributed by atoms with Crippen LogP contribution in [0.5, 0.6) is 0 Å². The predicted molar refractivity (Wildman–Crippen MR) is 107 cm³/mol. The van der Waals surface area contributed by atoms with E-state index in [0.29, 0.717) is 4.13 Å². The number of nitrogens with one attached hydrogen (secondary N) is 1. The maximum absolute atomic E-state index is 9.84. The van der Waals surface area contributed by atoms with E-state index in [0.717, 1.165) is 0 Å². The van der Waals surface area contributed by atoms with Crippen LogP contribution in [0.15, 0.2) is 30.3 Å². The molecule has 1 aromatic rings. The van der Waals surface area contributed by atoms with Gasteiger partial charge in [-0.15, -0.1) is 24.8 Å². The van der Waals surface area contributed by atoms with E-state index in [1.807, 2.05) is 0 Å². The molecule has 0 radical (unpaired) electrons. The second kappa shape index (κ2) is 7.06. The fourth-order valence-electron chi connectivity index (χ4n) is 4.29. The molecule has 0 saturated heterocycles. The zero-order valence-electron chi connectivity index (χ0n) is 15.3. The Labute approximate surface area is 157 Å². The number of fused-ring (bicyclic) bond motifs is 1. The zero-order chi connectivity index (χ0) is 16.7. The Morgan fingerprint density at radius 1 is 1.25 bits per heavy atom. The first-order chi connectivity index (χ1) is 9.99. The van der Waals surface area contributed by atoms with Gasteiger partial charge in [0.15, 0.2) is 0 Å². The first-order valence-electron chi connectivity index (χ1n) is 8.00.